The monoisotopic (exact) mass is 380 g/mol. The van der Waals surface area contributed by atoms with Crippen molar-refractivity contribution in [3.05, 3.63) is 29.8 Å². The molecule has 0 bridgehead atoms. The summed E-state index contributed by atoms with van der Waals surface area (Å²) in [5, 5.41) is 6.57. The van der Waals surface area contributed by atoms with E-state index in [1.54, 1.807) is 6.92 Å². The van der Waals surface area contributed by atoms with E-state index in [1.807, 2.05) is 6.92 Å². The second-order valence-corrected chi connectivity index (χ2v) is 9.12. The number of nitrogens with one attached hydrogen (secondary N) is 2. The summed E-state index contributed by atoms with van der Waals surface area (Å²) < 4.78 is 23.3. The topological polar surface area (TPSA) is 73.8 Å². The van der Waals surface area contributed by atoms with Gasteiger partial charge in [-0.25, -0.2) is 8.42 Å². The van der Waals surface area contributed by atoms with Crippen LogP contribution in [-0.2, 0) is 9.84 Å². The Labute approximate surface area is 158 Å². The van der Waals surface area contributed by atoms with E-state index in [2.05, 4.69) is 51.7 Å². The number of benzene rings is 1. The lowest BCUT2D eigenvalue weighted by molar-refractivity contribution is 0.597. The minimum Gasteiger partial charge on any atom is -0.372 e. The van der Waals surface area contributed by atoms with Gasteiger partial charge in [-0.1, -0.05) is 19.1 Å². The van der Waals surface area contributed by atoms with Crippen molar-refractivity contribution in [2.75, 3.05) is 42.6 Å². The van der Waals surface area contributed by atoms with Crippen molar-refractivity contribution in [1.82, 2.24) is 10.6 Å². The Morgan fingerprint density at radius 2 is 2.00 bits per heavy atom. The van der Waals surface area contributed by atoms with Crippen LogP contribution >= 0.6 is 0 Å². The Hall–Kier alpha value is -1.76. The average Bonchev–Trinajstić information content (AvgIpc) is 3.16. The van der Waals surface area contributed by atoms with Gasteiger partial charge in [-0.3, -0.25) is 4.99 Å². The predicted octanol–water partition coefficient (Wildman–Crippen LogP) is 2.34. The first kappa shape index (κ1) is 20.6. The van der Waals surface area contributed by atoms with Crippen LogP contribution < -0.4 is 15.5 Å². The van der Waals surface area contributed by atoms with E-state index < -0.39 is 9.84 Å². The highest BCUT2D eigenvalue weighted by Gasteiger charge is 2.14. The van der Waals surface area contributed by atoms with Crippen LogP contribution in [-0.4, -0.2) is 52.1 Å². The van der Waals surface area contributed by atoms with Crippen LogP contribution in [0.5, 0.6) is 0 Å². The summed E-state index contributed by atoms with van der Waals surface area (Å²) in [6.07, 6.45) is 2.52. The highest BCUT2D eigenvalue weighted by atomic mass is 32.2. The first-order chi connectivity index (χ1) is 12.4. The zero-order chi connectivity index (χ0) is 19.0. The summed E-state index contributed by atoms with van der Waals surface area (Å²) in [4.78, 5) is 6.84. The van der Waals surface area contributed by atoms with Gasteiger partial charge in [-0.05, 0) is 44.4 Å². The van der Waals surface area contributed by atoms with E-state index in [0.29, 0.717) is 5.96 Å². The molecular weight excluding hydrogens is 348 g/mol. The molecule has 7 heteroatoms. The van der Waals surface area contributed by atoms with Crippen LogP contribution in [0.4, 0.5) is 5.69 Å². The summed E-state index contributed by atoms with van der Waals surface area (Å²) in [5.41, 5.74) is 2.46. The molecule has 1 fully saturated rings. The number of sulfone groups is 1. The van der Waals surface area contributed by atoms with Crippen LogP contribution in [0.2, 0.25) is 0 Å². The van der Waals surface area contributed by atoms with Gasteiger partial charge < -0.3 is 15.5 Å². The third-order valence-corrected chi connectivity index (χ3v) is 6.34. The SMILES string of the molecule is CCNC(=NCCS(=O)(=O)CC)NC(C)c1cccc(N2CCCC2)c1. The number of hydrogen-bond donors (Lipinski definition) is 2. The summed E-state index contributed by atoms with van der Waals surface area (Å²) >= 11 is 0. The molecule has 1 saturated heterocycles. The lowest BCUT2D eigenvalue weighted by Crippen LogP contribution is -2.39. The fourth-order valence-corrected chi connectivity index (χ4v) is 3.67. The van der Waals surface area contributed by atoms with Crippen LogP contribution in [0.3, 0.4) is 0 Å². The largest absolute Gasteiger partial charge is 0.372 e. The van der Waals surface area contributed by atoms with Gasteiger partial charge in [0.1, 0.15) is 0 Å². The number of hydrogen-bond acceptors (Lipinski definition) is 4. The quantitative estimate of drug-likeness (QED) is 0.535. The maximum atomic E-state index is 11.6. The van der Waals surface area contributed by atoms with E-state index in [4.69, 9.17) is 0 Å². The molecule has 0 amide bonds. The lowest BCUT2D eigenvalue weighted by Gasteiger charge is -2.22. The molecule has 1 heterocycles. The maximum absolute atomic E-state index is 11.6. The number of rotatable bonds is 8. The van der Waals surface area contributed by atoms with Gasteiger partial charge in [0.15, 0.2) is 15.8 Å². The fraction of sp³-hybridized carbons (Fsp3) is 0.632. The van der Waals surface area contributed by atoms with Crippen molar-refractivity contribution in [3.8, 4) is 0 Å². The third kappa shape index (κ3) is 6.20. The molecule has 26 heavy (non-hydrogen) atoms. The first-order valence-electron chi connectivity index (χ1n) is 9.55. The van der Waals surface area contributed by atoms with Crippen LogP contribution in [0.25, 0.3) is 0 Å². The number of nitrogens with zero attached hydrogens (tertiary/aromatic N) is 2. The molecular formula is C19H32N4O2S. The molecule has 0 saturated carbocycles. The number of aliphatic imine (C=N–C) groups is 1. The van der Waals surface area contributed by atoms with Crippen LogP contribution in [0.1, 0.15) is 45.2 Å². The van der Waals surface area contributed by atoms with Gasteiger partial charge in [-0.15, -0.1) is 0 Å². The van der Waals surface area contributed by atoms with Crippen molar-refractivity contribution >= 4 is 21.5 Å². The molecule has 1 aliphatic rings. The van der Waals surface area contributed by atoms with E-state index in [1.165, 1.54) is 24.1 Å². The van der Waals surface area contributed by atoms with Crippen molar-refractivity contribution in [2.45, 2.75) is 39.7 Å². The lowest BCUT2D eigenvalue weighted by atomic mass is 10.1. The Morgan fingerprint density at radius 1 is 1.27 bits per heavy atom. The molecule has 2 rings (SSSR count). The van der Waals surface area contributed by atoms with Gasteiger partial charge in [0, 0.05) is 31.1 Å². The minimum absolute atomic E-state index is 0.0816. The normalized spacial score (nSPS) is 16.6. The molecule has 1 atom stereocenters. The Morgan fingerprint density at radius 3 is 2.65 bits per heavy atom. The number of anilines is 1. The predicted molar refractivity (Wildman–Crippen MR) is 110 cm³/mol. The van der Waals surface area contributed by atoms with Gasteiger partial charge >= 0.3 is 0 Å². The Bertz CT molecular complexity index is 697. The molecule has 1 unspecified atom stereocenters. The molecule has 1 aromatic carbocycles. The van der Waals surface area contributed by atoms with Crippen molar-refractivity contribution in [1.29, 1.82) is 0 Å². The number of guanidine groups is 1. The molecule has 0 aromatic heterocycles. The van der Waals surface area contributed by atoms with Gasteiger partial charge in [0.05, 0.1) is 18.3 Å². The van der Waals surface area contributed by atoms with Crippen molar-refractivity contribution < 1.29 is 8.42 Å². The molecule has 1 aliphatic heterocycles. The first-order valence-corrected chi connectivity index (χ1v) is 11.4. The Kier molecular flexibility index (Phi) is 7.75. The molecule has 2 N–H and O–H groups in total. The third-order valence-electron chi connectivity index (χ3n) is 4.65. The standard InChI is InChI=1S/C19H32N4O2S/c1-4-20-19(21-11-14-26(24,25)5-2)22-16(3)17-9-8-10-18(15-17)23-12-6-7-13-23/h8-10,15-16H,4-7,11-14H2,1-3H3,(H2,20,21,22). The second kappa shape index (κ2) is 9.80. The van der Waals surface area contributed by atoms with E-state index in [-0.39, 0.29) is 24.1 Å². The molecule has 1 aromatic rings. The minimum atomic E-state index is -2.99. The van der Waals surface area contributed by atoms with E-state index in [0.717, 1.165) is 19.6 Å². The molecule has 6 nitrogen and oxygen atoms in total. The highest BCUT2D eigenvalue weighted by molar-refractivity contribution is 7.91. The van der Waals surface area contributed by atoms with Crippen molar-refractivity contribution in [2.24, 2.45) is 4.99 Å². The van der Waals surface area contributed by atoms with Crippen LogP contribution in [0, 0.1) is 0 Å². The fourth-order valence-electron chi connectivity index (χ4n) is 3.02. The smallest absolute Gasteiger partial charge is 0.191 e. The van der Waals surface area contributed by atoms with Gasteiger partial charge in [0.2, 0.25) is 0 Å². The zero-order valence-electron chi connectivity index (χ0n) is 16.2. The highest BCUT2D eigenvalue weighted by Crippen LogP contribution is 2.23. The van der Waals surface area contributed by atoms with Gasteiger partial charge in [0.25, 0.3) is 0 Å². The Balaban J connectivity index is 2.02. The van der Waals surface area contributed by atoms with E-state index in [9.17, 15) is 8.42 Å². The molecule has 0 spiro atoms. The van der Waals surface area contributed by atoms with Crippen LogP contribution in [0.15, 0.2) is 29.3 Å². The summed E-state index contributed by atoms with van der Waals surface area (Å²) in [7, 11) is -2.99. The summed E-state index contributed by atoms with van der Waals surface area (Å²) in [5.74, 6) is 0.892. The maximum Gasteiger partial charge on any atom is 0.191 e. The van der Waals surface area contributed by atoms with Crippen molar-refractivity contribution in [3.63, 3.8) is 0 Å². The molecule has 0 aliphatic carbocycles. The molecule has 0 radical (unpaired) electrons. The summed E-state index contributed by atoms with van der Waals surface area (Å²) in [6, 6.07) is 8.68. The zero-order valence-corrected chi connectivity index (χ0v) is 17.0. The van der Waals surface area contributed by atoms with E-state index >= 15 is 0 Å². The molecule has 146 valence electrons. The second-order valence-electron chi connectivity index (χ2n) is 6.65. The van der Waals surface area contributed by atoms with Gasteiger partial charge in [-0.2, -0.15) is 0 Å². The summed E-state index contributed by atoms with van der Waals surface area (Å²) in [6.45, 7) is 9.01. The average molecular weight is 381 g/mol.